The molecule has 5 nitrogen and oxygen atoms in total. The van der Waals surface area contributed by atoms with Gasteiger partial charge in [-0.2, -0.15) is 0 Å². The van der Waals surface area contributed by atoms with Gasteiger partial charge in [0.05, 0.1) is 19.6 Å². The van der Waals surface area contributed by atoms with E-state index in [9.17, 15) is 9.90 Å². The number of fused-ring (bicyclic) bond motifs is 3. The fourth-order valence-corrected chi connectivity index (χ4v) is 2.26. The maximum atomic E-state index is 12.0. The van der Waals surface area contributed by atoms with Crippen molar-refractivity contribution in [3.63, 3.8) is 0 Å². The first-order valence-corrected chi connectivity index (χ1v) is 5.96. The van der Waals surface area contributed by atoms with Crippen LogP contribution in [0.1, 0.15) is 0 Å². The smallest absolute Gasteiger partial charge is 0.344 e. The minimum atomic E-state index is -0.487. The van der Waals surface area contributed by atoms with Crippen LogP contribution in [0.15, 0.2) is 39.5 Å². The van der Waals surface area contributed by atoms with E-state index in [4.69, 9.17) is 13.9 Å². The number of benzene rings is 2. The third kappa shape index (κ3) is 1.67. The van der Waals surface area contributed by atoms with Gasteiger partial charge in [-0.25, -0.2) is 4.79 Å². The van der Waals surface area contributed by atoms with Gasteiger partial charge >= 0.3 is 5.63 Å². The third-order valence-corrected chi connectivity index (χ3v) is 3.23. The van der Waals surface area contributed by atoms with Crippen LogP contribution in [0.4, 0.5) is 0 Å². The van der Waals surface area contributed by atoms with Gasteiger partial charge < -0.3 is 19.0 Å². The SMILES string of the molecule is COc1ccc2c(=O)oc3c(OC)c(O)ccc3c2c1. The maximum absolute atomic E-state index is 12.0. The van der Waals surface area contributed by atoms with Gasteiger partial charge in [-0.05, 0) is 30.3 Å². The zero-order valence-electron chi connectivity index (χ0n) is 11.0. The molecule has 0 aliphatic rings. The summed E-state index contributed by atoms with van der Waals surface area (Å²) in [5.74, 6) is 0.700. The summed E-state index contributed by atoms with van der Waals surface area (Å²) >= 11 is 0. The van der Waals surface area contributed by atoms with E-state index < -0.39 is 5.63 Å². The lowest BCUT2D eigenvalue weighted by atomic mass is 10.1. The highest BCUT2D eigenvalue weighted by molar-refractivity contribution is 6.07. The molecule has 0 saturated heterocycles. The van der Waals surface area contributed by atoms with Gasteiger partial charge in [-0.3, -0.25) is 0 Å². The lowest BCUT2D eigenvalue weighted by Gasteiger charge is -2.09. The lowest BCUT2D eigenvalue weighted by Crippen LogP contribution is -2.01. The van der Waals surface area contributed by atoms with E-state index in [0.717, 1.165) is 0 Å². The predicted molar refractivity (Wildman–Crippen MR) is 74.8 cm³/mol. The highest BCUT2D eigenvalue weighted by Crippen LogP contribution is 2.37. The standard InChI is InChI=1S/C15H12O5/c1-18-8-3-4-10-11(7-8)9-5-6-12(16)14(19-2)13(9)20-15(10)17/h3-7,16H,1-2H3. The molecular weight excluding hydrogens is 260 g/mol. The van der Waals surface area contributed by atoms with Crippen molar-refractivity contribution in [3.8, 4) is 17.2 Å². The molecule has 102 valence electrons. The molecule has 0 fully saturated rings. The van der Waals surface area contributed by atoms with E-state index in [1.54, 1.807) is 31.4 Å². The number of ether oxygens (including phenoxy) is 2. The van der Waals surface area contributed by atoms with Crippen LogP contribution in [-0.2, 0) is 0 Å². The molecule has 1 aromatic heterocycles. The van der Waals surface area contributed by atoms with E-state index in [0.29, 0.717) is 21.9 Å². The molecule has 0 spiro atoms. The van der Waals surface area contributed by atoms with Crippen molar-refractivity contribution in [1.82, 2.24) is 0 Å². The summed E-state index contributed by atoms with van der Waals surface area (Å²) in [6, 6.07) is 8.28. The molecule has 3 rings (SSSR count). The quantitative estimate of drug-likeness (QED) is 0.573. The molecule has 0 bridgehead atoms. The molecule has 0 aliphatic heterocycles. The van der Waals surface area contributed by atoms with Gasteiger partial charge in [0.2, 0.25) is 5.75 Å². The minimum absolute atomic E-state index is 0.0783. The van der Waals surface area contributed by atoms with Crippen LogP contribution >= 0.6 is 0 Å². The lowest BCUT2D eigenvalue weighted by molar-refractivity contribution is 0.369. The second-order valence-electron chi connectivity index (χ2n) is 4.30. The van der Waals surface area contributed by atoms with Crippen LogP contribution < -0.4 is 15.1 Å². The Balaban J connectivity index is 2.55. The van der Waals surface area contributed by atoms with Gasteiger partial charge in [0.25, 0.3) is 0 Å². The van der Waals surface area contributed by atoms with Gasteiger partial charge in [0.1, 0.15) is 5.75 Å². The summed E-state index contributed by atoms with van der Waals surface area (Å²) in [4.78, 5) is 12.0. The van der Waals surface area contributed by atoms with Crippen LogP contribution in [0.25, 0.3) is 21.7 Å². The predicted octanol–water partition coefficient (Wildman–Crippen LogP) is 2.67. The van der Waals surface area contributed by atoms with Gasteiger partial charge in [0.15, 0.2) is 11.3 Å². The fourth-order valence-electron chi connectivity index (χ4n) is 2.26. The summed E-state index contributed by atoms with van der Waals surface area (Å²) in [6.45, 7) is 0. The maximum Gasteiger partial charge on any atom is 0.344 e. The molecule has 0 radical (unpaired) electrons. The summed E-state index contributed by atoms with van der Waals surface area (Å²) < 4.78 is 15.6. The molecular formula is C15H12O5. The molecule has 1 heterocycles. The van der Waals surface area contributed by atoms with E-state index in [2.05, 4.69) is 0 Å². The van der Waals surface area contributed by atoms with E-state index in [1.165, 1.54) is 13.2 Å². The second-order valence-corrected chi connectivity index (χ2v) is 4.30. The third-order valence-electron chi connectivity index (χ3n) is 3.23. The van der Waals surface area contributed by atoms with Crippen LogP contribution in [0.5, 0.6) is 17.2 Å². The normalized spacial score (nSPS) is 10.9. The highest BCUT2D eigenvalue weighted by atomic mass is 16.5. The molecule has 0 unspecified atom stereocenters. The van der Waals surface area contributed by atoms with Crippen molar-refractivity contribution in [1.29, 1.82) is 0 Å². The van der Waals surface area contributed by atoms with Gasteiger partial charge in [0, 0.05) is 10.8 Å². The molecule has 20 heavy (non-hydrogen) atoms. The van der Waals surface area contributed by atoms with Crippen molar-refractivity contribution in [2.24, 2.45) is 0 Å². The first-order chi connectivity index (χ1) is 9.65. The summed E-state index contributed by atoms with van der Waals surface area (Å²) in [7, 11) is 2.96. The Kier molecular flexibility index (Phi) is 2.75. The highest BCUT2D eigenvalue weighted by Gasteiger charge is 2.15. The molecule has 0 amide bonds. The first kappa shape index (κ1) is 12.3. The van der Waals surface area contributed by atoms with Crippen LogP contribution in [-0.4, -0.2) is 19.3 Å². The average molecular weight is 272 g/mol. The number of rotatable bonds is 2. The van der Waals surface area contributed by atoms with Gasteiger partial charge in [-0.1, -0.05) is 0 Å². The average Bonchev–Trinajstić information content (AvgIpc) is 2.46. The zero-order chi connectivity index (χ0) is 14.3. The number of hydrogen-bond acceptors (Lipinski definition) is 5. The Bertz CT molecular complexity index is 863. The Labute approximate surface area is 114 Å². The zero-order valence-corrected chi connectivity index (χ0v) is 11.0. The first-order valence-electron chi connectivity index (χ1n) is 5.96. The molecule has 5 heteroatoms. The van der Waals surface area contributed by atoms with Crippen molar-refractivity contribution in [3.05, 3.63) is 40.8 Å². The monoisotopic (exact) mass is 272 g/mol. The summed E-state index contributed by atoms with van der Waals surface area (Å²) in [6.07, 6.45) is 0. The van der Waals surface area contributed by atoms with E-state index in [1.807, 2.05) is 0 Å². The number of methoxy groups -OCH3 is 2. The van der Waals surface area contributed by atoms with E-state index in [-0.39, 0.29) is 17.1 Å². The molecule has 2 aromatic carbocycles. The molecule has 0 saturated carbocycles. The molecule has 3 aromatic rings. The Morgan fingerprint density at radius 1 is 1.00 bits per heavy atom. The van der Waals surface area contributed by atoms with Crippen LogP contribution in [0.2, 0.25) is 0 Å². The number of phenols is 1. The van der Waals surface area contributed by atoms with Crippen molar-refractivity contribution < 1.29 is 19.0 Å². The van der Waals surface area contributed by atoms with Crippen molar-refractivity contribution >= 4 is 21.7 Å². The van der Waals surface area contributed by atoms with Crippen LogP contribution in [0.3, 0.4) is 0 Å². The summed E-state index contributed by atoms with van der Waals surface area (Å²) in [5, 5.41) is 11.6. The molecule has 1 N–H and O–H groups in total. The summed E-state index contributed by atoms with van der Waals surface area (Å²) in [5.41, 5.74) is -0.266. The van der Waals surface area contributed by atoms with Crippen molar-refractivity contribution in [2.75, 3.05) is 14.2 Å². The molecule has 0 aliphatic carbocycles. The van der Waals surface area contributed by atoms with Crippen molar-refractivity contribution in [2.45, 2.75) is 0 Å². The Hall–Kier alpha value is -2.69. The second kappa shape index (κ2) is 4.45. The van der Waals surface area contributed by atoms with Crippen LogP contribution in [0, 0.1) is 0 Å². The number of aromatic hydroxyl groups is 1. The largest absolute Gasteiger partial charge is 0.504 e. The van der Waals surface area contributed by atoms with Gasteiger partial charge in [-0.15, -0.1) is 0 Å². The fraction of sp³-hybridized carbons (Fsp3) is 0.133. The Morgan fingerprint density at radius 2 is 1.75 bits per heavy atom. The van der Waals surface area contributed by atoms with E-state index >= 15 is 0 Å². The number of phenolic OH excluding ortho intramolecular Hbond substituents is 1. The number of hydrogen-bond donors (Lipinski definition) is 1. The Morgan fingerprint density at radius 3 is 2.45 bits per heavy atom. The topological polar surface area (TPSA) is 68.9 Å². The molecule has 0 atom stereocenters. The minimum Gasteiger partial charge on any atom is -0.504 e.